The van der Waals surface area contributed by atoms with E-state index in [4.69, 9.17) is 15.5 Å². The molecule has 1 atom stereocenters. The van der Waals surface area contributed by atoms with Crippen molar-refractivity contribution in [3.8, 4) is 44.9 Å². The number of rotatable bonds is 5. The Morgan fingerprint density at radius 1 is 0.456 bits per heavy atom. The highest BCUT2D eigenvalue weighted by Gasteiger charge is 2.51. The van der Waals surface area contributed by atoms with Crippen molar-refractivity contribution in [1.82, 2.24) is 5.32 Å². The van der Waals surface area contributed by atoms with Gasteiger partial charge in [-0.3, -0.25) is 4.99 Å². The number of nitrogen functional groups attached to an aromatic ring is 1. The topological polar surface area (TPSA) is 59.6 Å². The summed E-state index contributed by atoms with van der Waals surface area (Å²) >= 11 is 0. The maximum absolute atomic E-state index is 6.59. The van der Waals surface area contributed by atoms with E-state index in [0.717, 1.165) is 78.8 Å². The number of aliphatic imine (C=N–C) groups is 1. The van der Waals surface area contributed by atoms with Crippen LogP contribution in [-0.2, 0) is 5.41 Å². The first-order valence-electron chi connectivity index (χ1n) is 19.4. The fourth-order valence-electron chi connectivity index (χ4n) is 9.05. The van der Waals surface area contributed by atoms with Gasteiger partial charge in [0.1, 0.15) is 17.3 Å². The summed E-state index contributed by atoms with van der Waals surface area (Å²) in [6.45, 7) is 0. The number of para-hydroxylation sites is 2. The molecule has 57 heavy (non-hydrogen) atoms. The fraction of sp³-hybridized carbons (Fsp3) is 0.0377. The molecule has 1 aliphatic carbocycles. The number of nitrogens with one attached hydrogen (secondary N) is 1. The minimum atomic E-state index is -0.537. The molecular formula is C53H37N3O. The molecule has 0 saturated carbocycles. The van der Waals surface area contributed by atoms with Crippen molar-refractivity contribution in [1.29, 1.82) is 0 Å². The SMILES string of the molecule is Nc1ccc(-c2ccc3c(c2)-c2cc(-c4ccc(C5=CC(c6ccccc6)N=C(c6ccccc6)N5)cc4)ccc2C32c3ccccc3Oc3ccccc32)cc1. The highest BCUT2D eigenvalue weighted by Crippen LogP contribution is 2.62. The summed E-state index contributed by atoms with van der Waals surface area (Å²) in [4.78, 5) is 5.12. The average molecular weight is 732 g/mol. The number of anilines is 1. The Morgan fingerprint density at radius 3 is 1.54 bits per heavy atom. The minimum Gasteiger partial charge on any atom is -0.457 e. The summed E-state index contributed by atoms with van der Waals surface area (Å²) in [5.41, 5.74) is 22.6. The fourth-order valence-corrected chi connectivity index (χ4v) is 9.05. The van der Waals surface area contributed by atoms with E-state index in [0.29, 0.717) is 0 Å². The third kappa shape index (κ3) is 5.33. The number of hydrogen-bond acceptors (Lipinski definition) is 4. The molecule has 1 unspecified atom stereocenters. The molecule has 8 aromatic carbocycles. The van der Waals surface area contributed by atoms with Crippen LogP contribution in [0.4, 0.5) is 5.69 Å². The molecule has 0 fully saturated rings. The lowest BCUT2D eigenvalue weighted by Crippen LogP contribution is -2.32. The third-order valence-corrected chi connectivity index (χ3v) is 11.7. The van der Waals surface area contributed by atoms with Crippen LogP contribution in [0.25, 0.3) is 39.1 Å². The van der Waals surface area contributed by atoms with Gasteiger partial charge in [0, 0.05) is 28.1 Å². The second-order valence-electron chi connectivity index (χ2n) is 15.0. The zero-order valence-corrected chi connectivity index (χ0v) is 31.1. The van der Waals surface area contributed by atoms with Crippen LogP contribution in [0.5, 0.6) is 11.5 Å². The van der Waals surface area contributed by atoms with Crippen LogP contribution in [0.3, 0.4) is 0 Å². The Bertz CT molecular complexity index is 2850. The molecule has 4 nitrogen and oxygen atoms in total. The van der Waals surface area contributed by atoms with Gasteiger partial charge >= 0.3 is 0 Å². The van der Waals surface area contributed by atoms with Crippen LogP contribution < -0.4 is 15.8 Å². The highest BCUT2D eigenvalue weighted by molar-refractivity contribution is 6.05. The van der Waals surface area contributed by atoms with Gasteiger partial charge in [-0.1, -0.05) is 158 Å². The molecule has 0 radical (unpaired) electrons. The van der Waals surface area contributed by atoms with Gasteiger partial charge in [-0.2, -0.15) is 0 Å². The van der Waals surface area contributed by atoms with E-state index in [9.17, 15) is 0 Å². The van der Waals surface area contributed by atoms with Gasteiger partial charge in [0.05, 0.1) is 11.5 Å². The lowest BCUT2D eigenvalue weighted by molar-refractivity contribution is 0.436. The van der Waals surface area contributed by atoms with E-state index in [1.54, 1.807) is 0 Å². The number of nitrogens with zero attached hydrogens (tertiary/aromatic N) is 1. The van der Waals surface area contributed by atoms with Crippen LogP contribution in [0.2, 0.25) is 0 Å². The molecule has 0 aromatic heterocycles. The number of hydrogen-bond donors (Lipinski definition) is 2. The van der Waals surface area contributed by atoms with Crippen LogP contribution in [0.1, 0.15) is 45.0 Å². The van der Waals surface area contributed by atoms with Crippen LogP contribution in [0, 0.1) is 0 Å². The Kier molecular flexibility index (Phi) is 7.58. The molecular weight excluding hydrogens is 695 g/mol. The van der Waals surface area contributed by atoms with Gasteiger partial charge < -0.3 is 15.8 Å². The molecule has 2 aliphatic heterocycles. The first-order chi connectivity index (χ1) is 28.1. The number of nitrogens with two attached hydrogens (primary N) is 1. The number of amidine groups is 1. The van der Waals surface area contributed by atoms with E-state index >= 15 is 0 Å². The summed E-state index contributed by atoms with van der Waals surface area (Å²) in [5, 5.41) is 3.65. The van der Waals surface area contributed by atoms with Gasteiger partial charge in [-0.15, -0.1) is 0 Å². The second kappa shape index (κ2) is 13.1. The third-order valence-electron chi connectivity index (χ3n) is 11.7. The highest BCUT2D eigenvalue weighted by atomic mass is 16.5. The predicted octanol–water partition coefficient (Wildman–Crippen LogP) is 12.2. The zero-order valence-electron chi connectivity index (χ0n) is 31.1. The van der Waals surface area contributed by atoms with Crippen LogP contribution in [0.15, 0.2) is 205 Å². The van der Waals surface area contributed by atoms with Crippen LogP contribution >= 0.6 is 0 Å². The van der Waals surface area contributed by atoms with E-state index in [1.807, 2.05) is 24.3 Å². The lowest BCUT2D eigenvalue weighted by Gasteiger charge is -2.39. The van der Waals surface area contributed by atoms with Gasteiger partial charge in [-0.25, -0.2) is 0 Å². The summed E-state index contributed by atoms with van der Waals surface area (Å²) in [7, 11) is 0. The predicted molar refractivity (Wildman–Crippen MR) is 232 cm³/mol. The minimum absolute atomic E-state index is 0.0972. The Labute approximate surface area is 332 Å². The maximum atomic E-state index is 6.59. The van der Waals surface area contributed by atoms with Gasteiger partial charge in [0.25, 0.3) is 0 Å². The smallest absolute Gasteiger partial charge is 0.133 e. The van der Waals surface area contributed by atoms with Crippen molar-refractivity contribution < 1.29 is 4.74 Å². The Balaban J connectivity index is 1.03. The van der Waals surface area contributed by atoms with Crippen molar-refractivity contribution in [3.63, 3.8) is 0 Å². The first-order valence-corrected chi connectivity index (χ1v) is 19.4. The summed E-state index contributed by atoms with van der Waals surface area (Å²) in [6.07, 6.45) is 2.23. The van der Waals surface area contributed by atoms with Crippen molar-refractivity contribution >= 4 is 17.2 Å². The van der Waals surface area contributed by atoms with Gasteiger partial charge in [0.2, 0.25) is 0 Å². The quantitative estimate of drug-likeness (QED) is 0.173. The summed E-state index contributed by atoms with van der Waals surface area (Å²) in [5.74, 6) is 2.64. The molecule has 4 heteroatoms. The van der Waals surface area contributed by atoms with E-state index < -0.39 is 5.41 Å². The number of fused-ring (bicyclic) bond motifs is 9. The lowest BCUT2D eigenvalue weighted by atomic mass is 9.66. The van der Waals surface area contributed by atoms with Crippen molar-refractivity contribution in [3.05, 3.63) is 239 Å². The van der Waals surface area contributed by atoms with Crippen molar-refractivity contribution in [2.45, 2.75) is 11.5 Å². The standard InChI is InChI=1S/C53H37N3O/c54-41-27-23-35(24-28-41)40-26-30-45-43(32-40)42-31-39(25-29-44(42)53(45)46-15-7-9-17-50(46)57-51-18-10-8-16-47(51)53)34-19-21-37(22-20-34)49-33-48(36-11-3-1-4-12-36)55-52(56-49)38-13-5-2-6-14-38/h1-33,48H,54H2,(H,55,56). The first kappa shape index (κ1) is 33.0. The second-order valence-corrected chi connectivity index (χ2v) is 15.0. The molecule has 2 heterocycles. The number of benzene rings is 8. The van der Waals surface area contributed by atoms with E-state index in [2.05, 4.69) is 181 Å². The molecule has 8 aromatic rings. The van der Waals surface area contributed by atoms with Crippen LogP contribution in [-0.4, -0.2) is 5.84 Å². The zero-order chi connectivity index (χ0) is 37.9. The summed E-state index contributed by atoms with van der Waals surface area (Å²) in [6, 6.07) is 68.8. The average Bonchev–Trinajstić information content (AvgIpc) is 3.56. The molecule has 270 valence electrons. The van der Waals surface area contributed by atoms with E-state index in [-0.39, 0.29) is 6.04 Å². The summed E-state index contributed by atoms with van der Waals surface area (Å²) < 4.78 is 6.59. The molecule has 0 saturated heterocycles. The molecule has 3 aliphatic rings. The maximum Gasteiger partial charge on any atom is 0.133 e. The number of ether oxygens (including phenoxy) is 1. The molecule has 3 N–H and O–H groups in total. The molecule has 0 bridgehead atoms. The van der Waals surface area contributed by atoms with Gasteiger partial charge in [0.15, 0.2) is 0 Å². The monoisotopic (exact) mass is 731 g/mol. The molecule has 0 amide bonds. The van der Waals surface area contributed by atoms with E-state index in [1.165, 1.54) is 22.3 Å². The molecule has 1 spiro atoms. The molecule has 11 rings (SSSR count). The van der Waals surface area contributed by atoms with Gasteiger partial charge in [-0.05, 0) is 98.1 Å². The normalized spacial score (nSPS) is 15.5. The largest absolute Gasteiger partial charge is 0.457 e. The van der Waals surface area contributed by atoms with Crippen molar-refractivity contribution in [2.75, 3.05) is 5.73 Å². The Morgan fingerprint density at radius 2 is 0.947 bits per heavy atom. The Hall–Kier alpha value is -7.43. The van der Waals surface area contributed by atoms with Crippen molar-refractivity contribution in [2.24, 2.45) is 4.99 Å².